The molecular weight excluding hydrogens is 351 g/mol. The first-order chi connectivity index (χ1) is 10.6. The average Bonchev–Trinajstić information content (AvgIpc) is 2.53. The Morgan fingerprint density at radius 2 is 1.75 bits per heavy atom. The number of rotatable bonds is 6. The number of carbonyl (C=O) groups excluding carboxylic acids is 1. The van der Waals surface area contributed by atoms with E-state index in [9.17, 15) is 4.79 Å². The van der Waals surface area contributed by atoms with E-state index < -0.39 is 0 Å². The van der Waals surface area contributed by atoms with Crippen LogP contribution < -0.4 is 39.4 Å². The van der Waals surface area contributed by atoms with Gasteiger partial charge in [-0.2, -0.15) is 0 Å². The lowest BCUT2D eigenvalue weighted by Gasteiger charge is -2.29. The maximum Gasteiger partial charge on any atom is 0.311 e. The van der Waals surface area contributed by atoms with Gasteiger partial charge in [0.25, 0.3) is 0 Å². The van der Waals surface area contributed by atoms with Gasteiger partial charge in [-0.05, 0) is 19.9 Å². The molecule has 1 aromatic rings. The number of hydrogen-bond acceptors (Lipinski definition) is 3. The fourth-order valence-electron chi connectivity index (χ4n) is 2.96. The number of hydrogen-bond donors (Lipinski definition) is 2. The van der Waals surface area contributed by atoms with E-state index in [1.807, 2.05) is 26.0 Å². The highest BCUT2D eigenvalue weighted by Crippen LogP contribution is 2.18. The van der Waals surface area contributed by atoms with E-state index in [0.29, 0.717) is 6.42 Å². The van der Waals surface area contributed by atoms with Crippen LogP contribution in [0.4, 0.5) is 5.69 Å². The summed E-state index contributed by atoms with van der Waals surface area (Å²) in [6, 6.07) is 8.22. The minimum atomic E-state index is -0.0815. The molecule has 2 N–H and O–H groups in total. The summed E-state index contributed by atoms with van der Waals surface area (Å²) >= 11 is 0. The van der Waals surface area contributed by atoms with E-state index >= 15 is 0 Å². The molecule has 0 aliphatic carbocycles. The predicted octanol–water partition coefficient (Wildman–Crippen LogP) is -6.54. The van der Waals surface area contributed by atoms with Crippen molar-refractivity contribution in [3.8, 4) is 5.75 Å². The van der Waals surface area contributed by atoms with Crippen molar-refractivity contribution < 1.29 is 48.9 Å². The third-order valence-electron chi connectivity index (χ3n) is 4.10. The highest BCUT2D eigenvalue weighted by Gasteiger charge is 2.26. The van der Waals surface area contributed by atoms with Gasteiger partial charge < -0.3 is 39.2 Å². The summed E-state index contributed by atoms with van der Waals surface area (Å²) in [4.78, 5) is 14.6. The van der Waals surface area contributed by atoms with Crippen LogP contribution in [0.5, 0.6) is 5.75 Å². The second-order valence-electron chi connectivity index (χ2n) is 6.09. The van der Waals surface area contributed by atoms with Crippen LogP contribution in [-0.4, -0.2) is 51.9 Å². The van der Waals surface area contributed by atoms with Crippen LogP contribution in [-0.2, 0) is 9.53 Å². The highest BCUT2D eigenvalue weighted by atomic mass is 35.5. The van der Waals surface area contributed by atoms with Crippen LogP contribution in [0.1, 0.15) is 20.3 Å². The molecule has 1 saturated heterocycles. The third kappa shape index (κ3) is 6.85. The van der Waals surface area contributed by atoms with Crippen LogP contribution in [0.15, 0.2) is 24.3 Å². The maximum absolute atomic E-state index is 11.6. The van der Waals surface area contributed by atoms with Crippen LogP contribution in [0.3, 0.4) is 0 Å². The first kappa shape index (κ1) is 23.0. The zero-order valence-electron chi connectivity index (χ0n) is 14.6. The molecule has 1 aliphatic heterocycles. The van der Waals surface area contributed by atoms with E-state index in [2.05, 4.69) is 12.1 Å². The Balaban J connectivity index is 0.00000264. The molecule has 2 rings (SSSR count). The first-order valence-corrected chi connectivity index (χ1v) is 8.11. The van der Waals surface area contributed by atoms with Crippen molar-refractivity contribution in [3.63, 3.8) is 0 Å². The molecule has 7 heteroatoms. The normalized spacial score (nSPS) is 19.8. The number of nitrogens with one attached hydrogen (secondary N) is 2. The van der Waals surface area contributed by atoms with Gasteiger partial charge in [0.15, 0.2) is 11.4 Å². The lowest BCUT2D eigenvalue weighted by molar-refractivity contribution is -0.986. The lowest BCUT2D eigenvalue weighted by atomic mass is 10.2. The van der Waals surface area contributed by atoms with Crippen molar-refractivity contribution in [2.75, 3.05) is 39.8 Å². The zero-order valence-corrected chi connectivity index (χ0v) is 16.1. The summed E-state index contributed by atoms with van der Waals surface area (Å²) in [7, 11) is 1.72. The van der Waals surface area contributed by atoms with Gasteiger partial charge in [-0.1, -0.05) is 12.1 Å². The Hall–Kier alpha value is -1.01. The van der Waals surface area contributed by atoms with E-state index in [1.54, 1.807) is 7.11 Å². The van der Waals surface area contributed by atoms with Gasteiger partial charge in [0.2, 0.25) is 0 Å². The number of quaternary nitrogens is 2. The molecule has 0 amide bonds. The predicted molar refractivity (Wildman–Crippen MR) is 84.8 cm³/mol. The molecule has 0 unspecified atom stereocenters. The SMILES string of the molecule is COc1ccccc1[NH+]1CC[NH+](CCC(=O)OC(C)C)CC1.[Cl-].[Cl-]. The van der Waals surface area contributed by atoms with E-state index in [0.717, 1.165) is 38.5 Å². The molecule has 24 heavy (non-hydrogen) atoms. The summed E-state index contributed by atoms with van der Waals surface area (Å²) in [5.41, 5.74) is 1.24. The number of piperazine rings is 1. The van der Waals surface area contributed by atoms with E-state index in [1.165, 1.54) is 15.5 Å². The van der Waals surface area contributed by atoms with Crippen molar-refractivity contribution in [2.24, 2.45) is 0 Å². The third-order valence-corrected chi connectivity index (χ3v) is 4.10. The molecule has 138 valence electrons. The second-order valence-corrected chi connectivity index (χ2v) is 6.09. The fraction of sp³-hybridized carbons (Fsp3) is 0.588. The van der Waals surface area contributed by atoms with Crippen molar-refractivity contribution in [1.82, 2.24) is 0 Å². The molecular formula is C17H28Cl2N2O3. The molecule has 0 atom stereocenters. The summed E-state index contributed by atoms with van der Waals surface area (Å²) in [6.07, 6.45) is 0.492. The summed E-state index contributed by atoms with van der Waals surface area (Å²) < 4.78 is 10.6. The number of esters is 1. The molecule has 1 aromatic carbocycles. The fourth-order valence-corrected chi connectivity index (χ4v) is 2.96. The van der Waals surface area contributed by atoms with Gasteiger partial charge in [0, 0.05) is 6.07 Å². The minimum Gasteiger partial charge on any atom is -1.00 e. The quantitative estimate of drug-likeness (QED) is 0.484. The molecule has 1 heterocycles. The highest BCUT2D eigenvalue weighted by molar-refractivity contribution is 5.69. The standard InChI is InChI=1S/C17H26N2O3.2ClH/c1-14(2)22-17(20)8-9-18-10-12-19(13-11-18)15-6-4-5-7-16(15)21-3;;/h4-7,14H,8-13H2,1-3H3;2*1H. The average molecular weight is 379 g/mol. The molecule has 1 aliphatic rings. The Morgan fingerprint density at radius 1 is 1.12 bits per heavy atom. The van der Waals surface area contributed by atoms with Gasteiger partial charge in [-0.15, -0.1) is 0 Å². The number of para-hydroxylation sites is 2. The number of halogens is 2. The second kappa shape index (κ2) is 11.5. The molecule has 0 radical (unpaired) electrons. The van der Waals surface area contributed by atoms with Gasteiger partial charge in [-0.25, -0.2) is 0 Å². The number of methoxy groups -OCH3 is 1. The maximum atomic E-state index is 11.6. The van der Waals surface area contributed by atoms with Crippen LogP contribution >= 0.6 is 0 Å². The topological polar surface area (TPSA) is 44.4 Å². The summed E-state index contributed by atoms with van der Waals surface area (Å²) in [5.74, 6) is 0.878. The minimum absolute atomic E-state index is 0. The largest absolute Gasteiger partial charge is 1.00 e. The van der Waals surface area contributed by atoms with Crippen molar-refractivity contribution >= 4 is 11.7 Å². The zero-order chi connectivity index (χ0) is 15.9. The van der Waals surface area contributed by atoms with Crippen molar-refractivity contribution in [1.29, 1.82) is 0 Å². The Bertz CT molecular complexity index is 492. The Labute approximate surface area is 157 Å². The van der Waals surface area contributed by atoms with E-state index in [-0.39, 0.29) is 36.9 Å². The number of ether oxygens (including phenoxy) is 2. The van der Waals surface area contributed by atoms with Crippen molar-refractivity contribution in [3.05, 3.63) is 24.3 Å². The molecule has 1 fully saturated rings. The number of carbonyl (C=O) groups is 1. The smallest absolute Gasteiger partial charge is 0.311 e. The lowest BCUT2D eigenvalue weighted by Crippen LogP contribution is -3.26. The molecule has 0 aromatic heterocycles. The first-order valence-electron chi connectivity index (χ1n) is 8.11. The Kier molecular flexibility index (Phi) is 11.0. The molecule has 0 spiro atoms. The molecule has 5 nitrogen and oxygen atoms in total. The summed E-state index contributed by atoms with van der Waals surface area (Å²) in [5, 5.41) is 0. The van der Waals surface area contributed by atoms with Crippen molar-refractivity contribution in [2.45, 2.75) is 26.4 Å². The van der Waals surface area contributed by atoms with Crippen LogP contribution in [0.25, 0.3) is 0 Å². The summed E-state index contributed by atoms with van der Waals surface area (Å²) in [6.45, 7) is 8.92. The Morgan fingerprint density at radius 3 is 2.33 bits per heavy atom. The van der Waals surface area contributed by atoms with Gasteiger partial charge in [0.1, 0.15) is 26.2 Å². The number of benzene rings is 1. The molecule has 0 saturated carbocycles. The van der Waals surface area contributed by atoms with Gasteiger partial charge >= 0.3 is 5.97 Å². The van der Waals surface area contributed by atoms with Crippen LogP contribution in [0.2, 0.25) is 0 Å². The molecule has 0 bridgehead atoms. The van der Waals surface area contributed by atoms with E-state index in [4.69, 9.17) is 9.47 Å². The van der Waals surface area contributed by atoms with Gasteiger partial charge in [-0.3, -0.25) is 9.69 Å². The van der Waals surface area contributed by atoms with Crippen LogP contribution in [0, 0.1) is 0 Å². The monoisotopic (exact) mass is 378 g/mol. The van der Waals surface area contributed by atoms with Gasteiger partial charge in [0.05, 0.1) is 26.2 Å².